The van der Waals surface area contributed by atoms with E-state index in [1.54, 1.807) is 0 Å². The maximum absolute atomic E-state index is 11.3. The van der Waals surface area contributed by atoms with Gasteiger partial charge in [0.25, 0.3) is 0 Å². The second-order valence-corrected chi connectivity index (χ2v) is 5.28. The summed E-state index contributed by atoms with van der Waals surface area (Å²) in [6, 6.07) is 0. The van der Waals surface area contributed by atoms with Gasteiger partial charge in [-0.15, -0.1) is 0 Å². The van der Waals surface area contributed by atoms with Crippen molar-refractivity contribution >= 4 is 6.16 Å². The van der Waals surface area contributed by atoms with Crippen molar-refractivity contribution in [1.82, 2.24) is 0 Å². The van der Waals surface area contributed by atoms with Gasteiger partial charge in [0.2, 0.25) is 0 Å². The van der Waals surface area contributed by atoms with E-state index in [4.69, 9.17) is 9.47 Å². The molecule has 0 aromatic heterocycles. The normalized spacial score (nSPS) is 18.6. The van der Waals surface area contributed by atoms with Gasteiger partial charge in [-0.25, -0.2) is 4.79 Å². The van der Waals surface area contributed by atoms with Crippen LogP contribution < -0.4 is 0 Å². The van der Waals surface area contributed by atoms with Gasteiger partial charge in [-0.3, -0.25) is 0 Å². The Bertz CT molecular complexity index is 199. The Balaban J connectivity index is 2.15. The maximum atomic E-state index is 11.3. The zero-order chi connectivity index (χ0) is 11.3. The molecule has 0 atom stereocenters. The number of carbonyl (C=O) groups is 1. The van der Waals surface area contributed by atoms with Crippen molar-refractivity contribution < 1.29 is 14.3 Å². The van der Waals surface area contributed by atoms with Crippen molar-refractivity contribution in [2.24, 2.45) is 5.92 Å². The smallest absolute Gasteiger partial charge is 0.434 e. The predicted molar refractivity (Wildman–Crippen MR) is 58.8 cm³/mol. The largest absolute Gasteiger partial charge is 0.508 e. The summed E-state index contributed by atoms with van der Waals surface area (Å²) in [5.74, 6) is 0.547. The fourth-order valence-electron chi connectivity index (χ4n) is 1.82. The standard InChI is InChI=1S/C12H22O3/c1-12(2,3)15-11(13)14-9-10-7-5-4-6-8-10/h10H,4-9H2,1-3H3. The monoisotopic (exact) mass is 214 g/mol. The number of carbonyl (C=O) groups excluding carboxylic acids is 1. The molecule has 15 heavy (non-hydrogen) atoms. The van der Waals surface area contributed by atoms with Gasteiger partial charge >= 0.3 is 6.16 Å². The van der Waals surface area contributed by atoms with Crippen LogP contribution in [0, 0.1) is 5.92 Å². The second kappa shape index (κ2) is 5.38. The average Bonchev–Trinajstić information content (AvgIpc) is 2.14. The molecule has 0 aromatic carbocycles. The summed E-state index contributed by atoms with van der Waals surface area (Å²) in [5.41, 5.74) is -0.455. The molecule has 1 rings (SSSR count). The topological polar surface area (TPSA) is 35.5 Å². The Morgan fingerprint density at radius 1 is 1.20 bits per heavy atom. The van der Waals surface area contributed by atoms with E-state index in [1.165, 1.54) is 32.1 Å². The lowest BCUT2D eigenvalue weighted by Gasteiger charge is -2.23. The SMILES string of the molecule is CC(C)(C)OC(=O)OCC1CCCCC1. The Hall–Kier alpha value is -0.730. The molecular formula is C12H22O3. The van der Waals surface area contributed by atoms with Crippen LogP contribution in [0.25, 0.3) is 0 Å². The third-order valence-corrected chi connectivity index (χ3v) is 2.55. The van der Waals surface area contributed by atoms with Gasteiger partial charge < -0.3 is 9.47 Å². The van der Waals surface area contributed by atoms with Crippen LogP contribution in [0.3, 0.4) is 0 Å². The molecule has 1 aliphatic carbocycles. The molecule has 0 N–H and O–H groups in total. The first-order valence-corrected chi connectivity index (χ1v) is 5.83. The predicted octanol–water partition coefficient (Wildman–Crippen LogP) is 3.52. The van der Waals surface area contributed by atoms with Gasteiger partial charge in [0.05, 0.1) is 6.61 Å². The molecule has 1 aliphatic rings. The van der Waals surface area contributed by atoms with Gasteiger partial charge in [0.1, 0.15) is 5.60 Å². The first kappa shape index (κ1) is 12.3. The maximum Gasteiger partial charge on any atom is 0.508 e. The quantitative estimate of drug-likeness (QED) is 0.660. The number of rotatable bonds is 2. The molecule has 88 valence electrons. The minimum Gasteiger partial charge on any atom is -0.434 e. The zero-order valence-corrected chi connectivity index (χ0v) is 10.0. The minimum absolute atomic E-state index is 0.455. The van der Waals surface area contributed by atoms with Crippen LogP contribution in [0.4, 0.5) is 4.79 Å². The zero-order valence-electron chi connectivity index (χ0n) is 10.0. The van der Waals surface area contributed by atoms with Crippen LogP contribution in [0.15, 0.2) is 0 Å². The average molecular weight is 214 g/mol. The lowest BCUT2D eigenvalue weighted by molar-refractivity contribution is -0.0152. The molecule has 0 unspecified atom stereocenters. The van der Waals surface area contributed by atoms with E-state index in [1.807, 2.05) is 20.8 Å². The number of ether oxygens (including phenoxy) is 2. The Kier molecular flexibility index (Phi) is 4.43. The molecule has 0 saturated heterocycles. The Morgan fingerprint density at radius 3 is 2.33 bits per heavy atom. The van der Waals surface area contributed by atoms with E-state index in [-0.39, 0.29) is 0 Å². The van der Waals surface area contributed by atoms with E-state index in [9.17, 15) is 4.79 Å². The molecule has 3 heteroatoms. The first-order chi connectivity index (χ1) is 6.97. The summed E-state index contributed by atoms with van der Waals surface area (Å²) in [6.45, 7) is 6.05. The Labute approximate surface area is 92.1 Å². The molecular weight excluding hydrogens is 192 g/mol. The molecule has 0 heterocycles. The van der Waals surface area contributed by atoms with Crippen LogP contribution in [-0.2, 0) is 9.47 Å². The molecule has 0 aliphatic heterocycles. The molecule has 1 saturated carbocycles. The molecule has 0 bridgehead atoms. The van der Waals surface area contributed by atoms with Crippen LogP contribution >= 0.6 is 0 Å². The summed E-state index contributed by atoms with van der Waals surface area (Å²) < 4.78 is 10.2. The summed E-state index contributed by atoms with van der Waals surface area (Å²) in [6.07, 6.45) is 5.69. The summed E-state index contributed by atoms with van der Waals surface area (Å²) in [5, 5.41) is 0. The van der Waals surface area contributed by atoms with Crippen molar-refractivity contribution in [3.63, 3.8) is 0 Å². The van der Waals surface area contributed by atoms with E-state index < -0.39 is 11.8 Å². The second-order valence-electron chi connectivity index (χ2n) is 5.28. The van der Waals surface area contributed by atoms with Crippen molar-refractivity contribution in [1.29, 1.82) is 0 Å². The first-order valence-electron chi connectivity index (χ1n) is 5.83. The lowest BCUT2D eigenvalue weighted by atomic mass is 9.90. The molecule has 0 radical (unpaired) electrons. The van der Waals surface area contributed by atoms with Crippen molar-refractivity contribution in [3.05, 3.63) is 0 Å². The van der Waals surface area contributed by atoms with E-state index in [2.05, 4.69) is 0 Å². The van der Waals surface area contributed by atoms with Gasteiger partial charge in [-0.1, -0.05) is 19.3 Å². The van der Waals surface area contributed by atoms with Gasteiger partial charge in [0.15, 0.2) is 0 Å². The molecule has 0 amide bonds. The van der Waals surface area contributed by atoms with E-state index >= 15 is 0 Å². The molecule has 1 fully saturated rings. The highest BCUT2D eigenvalue weighted by atomic mass is 16.7. The molecule has 0 aromatic rings. The number of hydrogen-bond donors (Lipinski definition) is 0. The van der Waals surface area contributed by atoms with Crippen molar-refractivity contribution in [3.8, 4) is 0 Å². The fourth-order valence-corrected chi connectivity index (χ4v) is 1.82. The highest BCUT2D eigenvalue weighted by Crippen LogP contribution is 2.23. The van der Waals surface area contributed by atoms with Crippen molar-refractivity contribution in [2.75, 3.05) is 6.61 Å². The molecule has 0 spiro atoms. The van der Waals surface area contributed by atoms with E-state index in [0.29, 0.717) is 12.5 Å². The van der Waals surface area contributed by atoms with Gasteiger partial charge in [-0.2, -0.15) is 0 Å². The van der Waals surface area contributed by atoms with Crippen molar-refractivity contribution in [2.45, 2.75) is 58.5 Å². The third kappa shape index (κ3) is 5.65. The van der Waals surface area contributed by atoms with Crippen LogP contribution in [0.2, 0.25) is 0 Å². The number of hydrogen-bond acceptors (Lipinski definition) is 3. The van der Waals surface area contributed by atoms with Crippen LogP contribution in [-0.4, -0.2) is 18.4 Å². The van der Waals surface area contributed by atoms with Gasteiger partial charge in [0, 0.05) is 0 Å². The molecule has 3 nitrogen and oxygen atoms in total. The highest BCUT2D eigenvalue weighted by molar-refractivity contribution is 5.60. The highest BCUT2D eigenvalue weighted by Gasteiger charge is 2.20. The summed E-state index contributed by atoms with van der Waals surface area (Å²) in [7, 11) is 0. The van der Waals surface area contributed by atoms with Gasteiger partial charge in [-0.05, 0) is 39.5 Å². The fraction of sp³-hybridized carbons (Fsp3) is 0.917. The van der Waals surface area contributed by atoms with Crippen LogP contribution in [0.5, 0.6) is 0 Å². The summed E-state index contributed by atoms with van der Waals surface area (Å²) in [4.78, 5) is 11.3. The minimum atomic E-state index is -0.534. The lowest BCUT2D eigenvalue weighted by Crippen LogP contribution is -2.26. The Morgan fingerprint density at radius 2 is 1.80 bits per heavy atom. The summed E-state index contributed by atoms with van der Waals surface area (Å²) >= 11 is 0. The third-order valence-electron chi connectivity index (χ3n) is 2.55. The van der Waals surface area contributed by atoms with Crippen LogP contribution in [0.1, 0.15) is 52.9 Å². The van der Waals surface area contributed by atoms with E-state index in [0.717, 1.165) is 0 Å².